The van der Waals surface area contributed by atoms with Crippen molar-refractivity contribution in [1.82, 2.24) is 4.98 Å². The van der Waals surface area contributed by atoms with Crippen molar-refractivity contribution in [2.45, 2.75) is 51.9 Å². The molecule has 0 atom stereocenters. The van der Waals surface area contributed by atoms with Gasteiger partial charge < -0.3 is 0 Å². The lowest BCUT2D eigenvalue weighted by molar-refractivity contribution is 0.604. The SMILES string of the molecule is CCCCCCCCc1[c]cccn1. The van der Waals surface area contributed by atoms with Gasteiger partial charge in [0.25, 0.3) is 0 Å². The topological polar surface area (TPSA) is 12.9 Å². The highest BCUT2D eigenvalue weighted by Gasteiger charge is 1.93. The van der Waals surface area contributed by atoms with Crippen LogP contribution in [0.25, 0.3) is 0 Å². The molecule has 0 aliphatic rings. The Balaban J connectivity index is 1.99. The molecule has 0 unspecified atom stereocenters. The fourth-order valence-electron chi connectivity index (χ4n) is 1.57. The molecule has 1 rings (SSSR count). The standard InChI is InChI=1S/C13H20N/c1-2-3-4-5-6-7-10-13-11-8-9-12-14-13/h8-9,12H,2-7,10H2,1H3. The van der Waals surface area contributed by atoms with Gasteiger partial charge in [-0.1, -0.05) is 45.1 Å². The lowest BCUT2D eigenvalue weighted by Gasteiger charge is -2.00. The molecule has 77 valence electrons. The van der Waals surface area contributed by atoms with E-state index in [0.717, 1.165) is 12.1 Å². The van der Waals surface area contributed by atoms with E-state index in [2.05, 4.69) is 18.0 Å². The van der Waals surface area contributed by atoms with Crippen LogP contribution in [0.5, 0.6) is 0 Å². The fourth-order valence-corrected chi connectivity index (χ4v) is 1.57. The number of rotatable bonds is 7. The first-order valence-electron chi connectivity index (χ1n) is 5.75. The van der Waals surface area contributed by atoms with Gasteiger partial charge in [0.2, 0.25) is 0 Å². The summed E-state index contributed by atoms with van der Waals surface area (Å²) < 4.78 is 0. The minimum Gasteiger partial charge on any atom is -0.261 e. The van der Waals surface area contributed by atoms with Gasteiger partial charge in [0.1, 0.15) is 0 Å². The monoisotopic (exact) mass is 190 g/mol. The Kier molecular flexibility index (Phi) is 6.05. The van der Waals surface area contributed by atoms with Crippen molar-refractivity contribution in [2.24, 2.45) is 0 Å². The quantitative estimate of drug-likeness (QED) is 0.596. The third kappa shape index (κ3) is 5.00. The first kappa shape index (κ1) is 11.2. The zero-order valence-electron chi connectivity index (χ0n) is 9.13. The molecule has 0 aromatic carbocycles. The number of aryl methyl sites for hydroxylation is 1. The first-order valence-corrected chi connectivity index (χ1v) is 5.75. The van der Waals surface area contributed by atoms with Crippen molar-refractivity contribution in [2.75, 3.05) is 0 Å². The molecule has 0 saturated carbocycles. The van der Waals surface area contributed by atoms with E-state index in [1.54, 1.807) is 0 Å². The lowest BCUT2D eigenvalue weighted by atomic mass is 10.1. The third-order valence-corrected chi connectivity index (χ3v) is 2.43. The highest BCUT2D eigenvalue weighted by Crippen LogP contribution is 2.07. The highest BCUT2D eigenvalue weighted by molar-refractivity contribution is 5.00. The molecule has 0 bridgehead atoms. The predicted molar refractivity (Wildman–Crippen MR) is 60.2 cm³/mol. The maximum atomic E-state index is 4.26. The zero-order chi connectivity index (χ0) is 10.1. The summed E-state index contributed by atoms with van der Waals surface area (Å²) in [6.45, 7) is 2.25. The molecule has 0 spiro atoms. The molecule has 14 heavy (non-hydrogen) atoms. The van der Waals surface area contributed by atoms with Crippen molar-refractivity contribution in [3.8, 4) is 0 Å². The summed E-state index contributed by atoms with van der Waals surface area (Å²) in [6.07, 6.45) is 11.0. The average molecular weight is 190 g/mol. The summed E-state index contributed by atoms with van der Waals surface area (Å²) in [5, 5.41) is 0. The van der Waals surface area contributed by atoms with E-state index in [4.69, 9.17) is 0 Å². The number of unbranched alkanes of at least 4 members (excludes halogenated alkanes) is 5. The molecule has 1 aromatic heterocycles. The second-order valence-electron chi connectivity index (χ2n) is 3.75. The third-order valence-electron chi connectivity index (χ3n) is 2.43. The summed E-state index contributed by atoms with van der Waals surface area (Å²) in [4.78, 5) is 4.26. The number of hydrogen-bond acceptors (Lipinski definition) is 1. The maximum Gasteiger partial charge on any atom is 0.0482 e. The Hall–Kier alpha value is -0.850. The van der Waals surface area contributed by atoms with Gasteiger partial charge in [0.05, 0.1) is 0 Å². The summed E-state index contributed by atoms with van der Waals surface area (Å²) in [5.41, 5.74) is 1.11. The smallest absolute Gasteiger partial charge is 0.0482 e. The Morgan fingerprint density at radius 3 is 2.64 bits per heavy atom. The second-order valence-corrected chi connectivity index (χ2v) is 3.75. The lowest BCUT2D eigenvalue weighted by Crippen LogP contribution is -1.89. The van der Waals surface area contributed by atoms with Crippen LogP contribution in [0, 0.1) is 6.07 Å². The van der Waals surface area contributed by atoms with Crippen LogP contribution in [0.3, 0.4) is 0 Å². The fraction of sp³-hybridized carbons (Fsp3) is 0.615. The van der Waals surface area contributed by atoms with Gasteiger partial charge in [0.15, 0.2) is 0 Å². The molecule has 0 fully saturated rings. The summed E-state index contributed by atoms with van der Waals surface area (Å²) in [7, 11) is 0. The molecule has 0 amide bonds. The van der Waals surface area contributed by atoms with Gasteiger partial charge in [-0.3, -0.25) is 4.98 Å². The van der Waals surface area contributed by atoms with E-state index in [1.165, 1.54) is 38.5 Å². The zero-order valence-corrected chi connectivity index (χ0v) is 9.13. The van der Waals surface area contributed by atoms with Crippen LogP contribution in [0.15, 0.2) is 18.3 Å². The van der Waals surface area contributed by atoms with Gasteiger partial charge in [-0.25, -0.2) is 0 Å². The largest absolute Gasteiger partial charge is 0.261 e. The van der Waals surface area contributed by atoms with Gasteiger partial charge >= 0.3 is 0 Å². The highest BCUT2D eigenvalue weighted by atomic mass is 14.7. The van der Waals surface area contributed by atoms with Crippen LogP contribution in [0.1, 0.15) is 51.1 Å². The van der Waals surface area contributed by atoms with E-state index in [9.17, 15) is 0 Å². The molecule has 1 radical (unpaired) electrons. The van der Waals surface area contributed by atoms with Gasteiger partial charge in [-0.05, 0) is 18.9 Å². The van der Waals surface area contributed by atoms with Crippen molar-refractivity contribution >= 4 is 0 Å². The maximum absolute atomic E-state index is 4.26. The van der Waals surface area contributed by atoms with Crippen LogP contribution in [0.2, 0.25) is 0 Å². The molecule has 0 aliphatic heterocycles. The summed E-state index contributed by atoms with van der Waals surface area (Å²) >= 11 is 0. The number of pyridine rings is 1. The Bertz CT molecular complexity index is 218. The number of nitrogens with zero attached hydrogens (tertiary/aromatic N) is 1. The van der Waals surface area contributed by atoms with Gasteiger partial charge in [0, 0.05) is 18.0 Å². The normalized spacial score (nSPS) is 10.4. The van der Waals surface area contributed by atoms with Crippen LogP contribution in [-0.4, -0.2) is 4.98 Å². The molecule has 1 heterocycles. The Morgan fingerprint density at radius 2 is 1.93 bits per heavy atom. The van der Waals surface area contributed by atoms with E-state index >= 15 is 0 Å². The molecule has 0 N–H and O–H groups in total. The molecule has 0 aliphatic carbocycles. The van der Waals surface area contributed by atoms with Crippen molar-refractivity contribution in [1.29, 1.82) is 0 Å². The van der Waals surface area contributed by atoms with Crippen LogP contribution in [0.4, 0.5) is 0 Å². The van der Waals surface area contributed by atoms with Crippen molar-refractivity contribution in [3.63, 3.8) is 0 Å². The van der Waals surface area contributed by atoms with Gasteiger partial charge in [-0.15, -0.1) is 0 Å². The Labute approximate surface area is 87.6 Å². The van der Waals surface area contributed by atoms with E-state index < -0.39 is 0 Å². The van der Waals surface area contributed by atoms with Crippen LogP contribution in [-0.2, 0) is 6.42 Å². The molecule has 0 saturated heterocycles. The van der Waals surface area contributed by atoms with Crippen molar-refractivity contribution in [3.05, 3.63) is 30.1 Å². The summed E-state index contributed by atoms with van der Waals surface area (Å²) in [6, 6.07) is 7.02. The van der Waals surface area contributed by atoms with E-state index in [0.29, 0.717) is 0 Å². The molecular weight excluding hydrogens is 170 g/mol. The molecule has 1 nitrogen and oxygen atoms in total. The Morgan fingerprint density at radius 1 is 1.14 bits per heavy atom. The minimum atomic E-state index is 1.09. The summed E-state index contributed by atoms with van der Waals surface area (Å²) in [5.74, 6) is 0. The van der Waals surface area contributed by atoms with E-state index in [1.807, 2.05) is 18.3 Å². The second kappa shape index (κ2) is 7.54. The molecule has 1 aromatic rings. The first-order chi connectivity index (χ1) is 6.93. The minimum absolute atomic E-state index is 1.09. The van der Waals surface area contributed by atoms with E-state index in [-0.39, 0.29) is 0 Å². The number of aromatic nitrogens is 1. The molecular formula is C13H20N. The van der Waals surface area contributed by atoms with Crippen molar-refractivity contribution < 1.29 is 0 Å². The predicted octanol–water partition coefficient (Wildman–Crippen LogP) is 3.78. The number of hydrogen-bond donors (Lipinski definition) is 0. The van der Waals surface area contributed by atoms with Crippen LogP contribution < -0.4 is 0 Å². The average Bonchev–Trinajstić information content (AvgIpc) is 2.25. The van der Waals surface area contributed by atoms with Gasteiger partial charge in [-0.2, -0.15) is 0 Å². The van der Waals surface area contributed by atoms with Crippen LogP contribution >= 0.6 is 0 Å². The molecule has 1 heteroatoms.